The second-order valence-corrected chi connectivity index (χ2v) is 8.60. The van der Waals surface area contributed by atoms with E-state index in [-0.39, 0.29) is 18.9 Å². The standard InChI is InChI=1S/C23H25F2N7O/c1-15-3-2-11-32(15)19-5-4-16(13-27-19)22(33)29-20-17(18-7-10-28-30-18)6-9-26-21(20)31-12-8-23(24,25)14-31/h4-7,9-10,13,15H,2-3,8,11-12,14H2,1H3,(H,28,30)(H,29,33). The number of nitrogens with zero attached hydrogens (tertiary/aromatic N) is 5. The molecule has 2 fully saturated rings. The van der Waals surface area contributed by atoms with Gasteiger partial charge in [-0.1, -0.05) is 0 Å². The molecule has 10 heteroatoms. The zero-order valence-electron chi connectivity index (χ0n) is 18.3. The normalized spacial score (nSPS) is 19.8. The minimum absolute atomic E-state index is 0.152. The minimum atomic E-state index is -2.79. The van der Waals surface area contributed by atoms with Crippen LogP contribution in [0.25, 0.3) is 11.3 Å². The molecular weight excluding hydrogens is 428 g/mol. The number of rotatable bonds is 5. The number of H-pyrrole nitrogens is 1. The van der Waals surface area contributed by atoms with E-state index in [0.29, 0.717) is 34.4 Å². The van der Waals surface area contributed by atoms with E-state index >= 15 is 0 Å². The van der Waals surface area contributed by atoms with Crippen molar-refractivity contribution in [1.82, 2.24) is 20.2 Å². The lowest BCUT2D eigenvalue weighted by Gasteiger charge is -2.23. The number of hydrogen-bond donors (Lipinski definition) is 2. The highest BCUT2D eigenvalue weighted by Crippen LogP contribution is 2.38. The number of amides is 1. The SMILES string of the molecule is CC1CCCN1c1ccc(C(=O)Nc2c(-c3ccn[nH]3)ccnc2N2CCC(F)(F)C2)cn1. The van der Waals surface area contributed by atoms with Crippen molar-refractivity contribution in [2.75, 3.05) is 34.8 Å². The Kier molecular flexibility index (Phi) is 5.43. The summed E-state index contributed by atoms with van der Waals surface area (Å²) in [5.41, 5.74) is 2.01. The first kappa shape index (κ1) is 21.3. The van der Waals surface area contributed by atoms with Crippen molar-refractivity contribution in [3.05, 3.63) is 48.4 Å². The van der Waals surface area contributed by atoms with Gasteiger partial charge in [-0.2, -0.15) is 5.10 Å². The Morgan fingerprint density at radius 2 is 2.06 bits per heavy atom. The molecule has 0 radical (unpaired) electrons. The average molecular weight is 453 g/mol. The lowest BCUT2D eigenvalue weighted by molar-refractivity contribution is 0.0257. The third-order valence-electron chi connectivity index (χ3n) is 6.29. The van der Waals surface area contributed by atoms with Crippen molar-refractivity contribution in [2.45, 2.75) is 38.2 Å². The van der Waals surface area contributed by atoms with E-state index in [9.17, 15) is 13.6 Å². The number of hydrogen-bond acceptors (Lipinski definition) is 6. The summed E-state index contributed by atoms with van der Waals surface area (Å²) in [5.74, 6) is -2.02. The summed E-state index contributed by atoms with van der Waals surface area (Å²) >= 11 is 0. The summed E-state index contributed by atoms with van der Waals surface area (Å²) in [5, 5.41) is 9.74. The Hall–Kier alpha value is -3.56. The Morgan fingerprint density at radius 3 is 2.70 bits per heavy atom. The van der Waals surface area contributed by atoms with Gasteiger partial charge in [-0.15, -0.1) is 0 Å². The van der Waals surface area contributed by atoms with Gasteiger partial charge in [0.2, 0.25) is 0 Å². The number of nitrogens with one attached hydrogen (secondary N) is 2. The summed E-state index contributed by atoms with van der Waals surface area (Å²) in [6, 6.07) is 7.47. The molecule has 3 aromatic heterocycles. The van der Waals surface area contributed by atoms with Gasteiger partial charge in [0.1, 0.15) is 5.82 Å². The van der Waals surface area contributed by atoms with Crippen LogP contribution in [0, 0.1) is 0 Å². The molecule has 2 aliphatic heterocycles. The van der Waals surface area contributed by atoms with Gasteiger partial charge in [0.05, 0.1) is 23.5 Å². The van der Waals surface area contributed by atoms with Gasteiger partial charge >= 0.3 is 0 Å². The van der Waals surface area contributed by atoms with E-state index in [1.165, 1.54) is 4.90 Å². The van der Waals surface area contributed by atoms with Gasteiger partial charge in [0.25, 0.3) is 11.8 Å². The minimum Gasteiger partial charge on any atom is -0.354 e. The van der Waals surface area contributed by atoms with E-state index in [1.54, 1.807) is 36.8 Å². The van der Waals surface area contributed by atoms with Crippen molar-refractivity contribution in [1.29, 1.82) is 0 Å². The molecule has 33 heavy (non-hydrogen) atoms. The molecule has 0 spiro atoms. The highest BCUT2D eigenvalue weighted by atomic mass is 19.3. The van der Waals surface area contributed by atoms with Crippen molar-refractivity contribution >= 4 is 23.2 Å². The topological polar surface area (TPSA) is 90.0 Å². The lowest BCUT2D eigenvalue weighted by Crippen LogP contribution is -2.28. The second kappa shape index (κ2) is 8.42. The summed E-state index contributed by atoms with van der Waals surface area (Å²) < 4.78 is 27.8. The molecule has 2 saturated heterocycles. The van der Waals surface area contributed by atoms with Crippen LogP contribution >= 0.6 is 0 Å². The quantitative estimate of drug-likeness (QED) is 0.608. The first-order chi connectivity index (χ1) is 15.9. The number of carbonyl (C=O) groups is 1. The highest BCUT2D eigenvalue weighted by Gasteiger charge is 2.40. The fourth-order valence-electron chi connectivity index (χ4n) is 4.51. The van der Waals surface area contributed by atoms with Crippen LogP contribution in [0.5, 0.6) is 0 Å². The number of halogens is 2. The van der Waals surface area contributed by atoms with E-state index in [1.807, 2.05) is 6.07 Å². The molecule has 1 amide bonds. The summed E-state index contributed by atoms with van der Waals surface area (Å²) in [6.45, 7) is 2.82. The van der Waals surface area contributed by atoms with Crippen molar-refractivity contribution in [3.63, 3.8) is 0 Å². The van der Waals surface area contributed by atoms with Crippen molar-refractivity contribution in [2.24, 2.45) is 0 Å². The molecule has 3 aromatic rings. The van der Waals surface area contributed by atoms with E-state index < -0.39 is 12.5 Å². The van der Waals surface area contributed by atoms with Crippen LogP contribution in [-0.2, 0) is 0 Å². The van der Waals surface area contributed by atoms with Crippen molar-refractivity contribution in [3.8, 4) is 11.3 Å². The molecule has 0 bridgehead atoms. The lowest BCUT2D eigenvalue weighted by atomic mass is 10.1. The predicted molar refractivity (Wildman–Crippen MR) is 122 cm³/mol. The maximum atomic E-state index is 13.9. The van der Waals surface area contributed by atoms with Crippen LogP contribution in [0.2, 0.25) is 0 Å². The number of anilines is 3. The van der Waals surface area contributed by atoms with E-state index in [2.05, 4.69) is 37.3 Å². The number of aromatic amines is 1. The van der Waals surface area contributed by atoms with Crippen molar-refractivity contribution < 1.29 is 13.6 Å². The van der Waals surface area contributed by atoms with Gasteiger partial charge in [-0.25, -0.2) is 18.7 Å². The van der Waals surface area contributed by atoms with Gasteiger partial charge in [-0.05, 0) is 44.0 Å². The summed E-state index contributed by atoms with van der Waals surface area (Å²) in [4.78, 5) is 25.7. The van der Waals surface area contributed by atoms with Crippen LogP contribution in [-0.4, -0.2) is 57.7 Å². The Labute approximate surface area is 190 Å². The maximum absolute atomic E-state index is 13.9. The Bertz CT molecular complexity index is 1130. The molecule has 0 aliphatic carbocycles. The Morgan fingerprint density at radius 1 is 1.18 bits per heavy atom. The van der Waals surface area contributed by atoms with Gasteiger partial charge < -0.3 is 15.1 Å². The van der Waals surface area contributed by atoms with Crippen LogP contribution in [0.3, 0.4) is 0 Å². The number of carbonyl (C=O) groups excluding carboxylic acids is 1. The molecule has 172 valence electrons. The third kappa shape index (κ3) is 4.24. The number of pyridine rings is 2. The highest BCUT2D eigenvalue weighted by molar-refractivity contribution is 6.08. The van der Waals surface area contributed by atoms with Crippen LogP contribution in [0.15, 0.2) is 42.9 Å². The molecular formula is C23H25F2N7O. The molecule has 2 aliphatic rings. The van der Waals surface area contributed by atoms with E-state index in [4.69, 9.17) is 0 Å². The van der Waals surface area contributed by atoms with Crippen LogP contribution < -0.4 is 15.1 Å². The fourth-order valence-corrected chi connectivity index (χ4v) is 4.51. The number of alkyl halides is 2. The van der Waals surface area contributed by atoms with Gasteiger partial charge in [0, 0.05) is 49.7 Å². The monoisotopic (exact) mass is 453 g/mol. The Balaban J connectivity index is 1.45. The zero-order valence-corrected chi connectivity index (χ0v) is 18.3. The van der Waals surface area contributed by atoms with Gasteiger partial charge in [-0.3, -0.25) is 9.89 Å². The molecule has 1 atom stereocenters. The summed E-state index contributed by atoms with van der Waals surface area (Å²) in [7, 11) is 0. The molecule has 0 aromatic carbocycles. The maximum Gasteiger partial charge on any atom is 0.266 e. The molecule has 5 rings (SSSR count). The predicted octanol–water partition coefficient (Wildman–Crippen LogP) is 3.95. The summed E-state index contributed by atoms with van der Waals surface area (Å²) in [6.07, 6.45) is 6.68. The molecule has 2 N–H and O–H groups in total. The number of aromatic nitrogens is 4. The smallest absolute Gasteiger partial charge is 0.266 e. The van der Waals surface area contributed by atoms with Crippen LogP contribution in [0.4, 0.5) is 26.1 Å². The fraction of sp³-hybridized carbons (Fsp3) is 0.391. The second-order valence-electron chi connectivity index (χ2n) is 8.60. The van der Waals surface area contributed by atoms with Gasteiger partial charge in [0.15, 0.2) is 5.82 Å². The van der Waals surface area contributed by atoms with Crippen LogP contribution in [0.1, 0.15) is 36.5 Å². The first-order valence-electron chi connectivity index (χ1n) is 11.1. The molecule has 5 heterocycles. The first-order valence-corrected chi connectivity index (χ1v) is 11.1. The molecule has 1 unspecified atom stereocenters. The third-order valence-corrected chi connectivity index (χ3v) is 6.29. The average Bonchev–Trinajstić information content (AvgIpc) is 3.55. The molecule has 8 nitrogen and oxygen atoms in total. The van der Waals surface area contributed by atoms with E-state index in [0.717, 1.165) is 25.2 Å². The zero-order chi connectivity index (χ0) is 23.0. The molecule has 0 saturated carbocycles. The largest absolute Gasteiger partial charge is 0.354 e.